The molecule has 0 atom stereocenters. The first kappa shape index (κ1) is 14.8. The number of aryl methyl sites for hydroxylation is 1. The number of anilines is 2. The van der Waals surface area contributed by atoms with Crippen molar-refractivity contribution in [1.29, 1.82) is 0 Å². The molecule has 2 aromatic rings. The number of nitrogens with one attached hydrogen (secondary N) is 2. The fraction of sp³-hybridized carbons (Fsp3) is 0.176. The molecule has 0 saturated carbocycles. The Balaban J connectivity index is 2.23. The van der Waals surface area contributed by atoms with Gasteiger partial charge in [-0.1, -0.05) is 23.8 Å². The SMILES string of the molecule is CC(=O)Nc1cccc(NC(=O)c2cccc(C)c2)c1C. The number of hydrogen-bond acceptors (Lipinski definition) is 2. The summed E-state index contributed by atoms with van der Waals surface area (Å²) in [6.07, 6.45) is 0. The maximum atomic E-state index is 12.3. The zero-order chi connectivity index (χ0) is 15.4. The Morgan fingerprint density at radius 1 is 0.905 bits per heavy atom. The van der Waals surface area contributed by atoms with Crippen LogP contribution >= 0.6 is 0 Å². The second-order valence-corrected chi connectivity index (χ2v) is 4.98. The van der Waals surface area contributed by atoms with Crippen molar-refractivity contribution in [1.82, 2.24) is 0 Å². The Bertz CT molecular complexity index is 693. The third kappa shape index (κ3) is 3.69. The van der Waals surface area contributed by atoms with Gasteiger partial charge in [0.2, 0.25) is 5.91 Å². The topological polar surface area (TPSA) is 58.2 Å². The van der Waals surface area contributed by atoms with Crippen LogP contribution in [0.3, 0.4) is 0 Å². The average molecular weight is 282 g/mol. The van der Waals surface area contributed by atoms with Crippen LogP contribution in [0.1, 0.15) is 28.4 Å². The molecule has 0 spiro atoms. The number of hydrogen-bond donors (Lipinski definition) is 2. The van der Waals surface area contributed by atoms with E-state index in [4.69, 9.17) is 0 Å². The van der Waals surface area contributed by atoms with Gasteiger partial charge in [-0.3, -0.25) is 9.59 Å². The summed E-state index contributed by atoms with van der Waals surface area (Å²) in [7, 11) is 0. The lowest BCUT2D eigenvalue weighted by Gasteiger charge is -2.13. The first-order valence-corrected chi connectivity index (χ1v) is 6.72. The van der Waals surface area contributed by atoms with E-state index in [9.17, 15) is 9.59 Å². The molecule has 0 aliphatic rings. The van der Waals surface area contributed by atoms with E-state index in [2.05, 4.69) is 10.6 Å². The fourth-order valence-corrected chi connectivity index (χ4v) is 2.08. The fourth-order valence-electron chi connectivity index (χ4n) is 2.08. The van der Waals surface area contributed by atoms with Crippen molar-refractivity contribution in [2.45, 2.75) is 20.8 Å². The summed E-state index contributed by atoms with van der Waals surface area (Å²) in [5.41, 5.74) is 3.86. The quantitative estimate of drug-likeness (QED) is 0.905. The van der Waals surface area contributed by atoms with Crippen LogP contribution < -0.4 is 10.6 Å². The highest BCUT2D eigenvalue weighted by molar-refractivity contribution is 6.05. The van der Waals surface area contributed by atoms with Gasteiger partial charge in [0.15, 0.2) is 0 Å². The Labute approximate surface area is 124 Å². The number of amides is 2. The van der Waals surface area contributed by atoms with E-state index in [0.717, 1.165) is 11.1 Å². The highest BCUT2D eigenvalue weighted by atomic mass is 16.2. The van der Waals surface area contributed by atoms with Crippen LogP contribution in [0, 0.1) is 13.8 Å². The molecule has 2 N–H and O–H groups in total. The van der Waals surface area contributed by atoms with Gasteiger partial charge in [-0.25, -0.2) is 0 Å². The van der Waals surface area contributed by atoms with E-state index in [1.54, 1.807) is 18.2 Å². The molecule has 0 aromatic heterocycles. The molecule has 21 heavy (non-hydrogen) atoms. The summed E-state index contributed by atoms with van der Waals surface area (Å²) in [4.78, 5) is 23.4. The van der Waals surface area contributed by atoms with Crippen molar-refractivity contribution in [3.8, 4) is 0 Å². The molecule has 4 nitrogen and oxygen atoms in total. The first-order chi connectivity index (χ1) is 9.97. The van der Waals surface area contributed by atoms with Crippen molar-refractivity contribution in [3.05, 3.63) is 59.2 Å². The molecule has 0 unspecified atom stereocenters. The van der Waals surface area contributed by atoms with Crippen LogP contribution in [0.4, 0.5) is 11.4 Å². The standard InChI is InChI=1S/C17H18N2O2/c1-11-6-4-7-14(10-11)17(21)19-16-9-5-8-15(12(16)2)18-13(3)20/h4-10H,1-3H3,(H,18,20)(H,19,21). The number of carbonyl (C=O) groups is 2. The predicted octanol–water partition coefficient (Wildman–Crippen LogP) is 3.51. The van der Waals surface area contributed by atoms with Crippen LogP contribution in [-0.2, 0) is 4.79 Å². The minimum absolute atomic E-state index is 0.139. The van der Waals surface area contributed by atoms with Gasteiger partial charge in [-0.15, -0.1) is 0 Å². The lowest BCUT2D eigenvalue weighted by Crippen LogP contribution is -2.14. The Hall–Kier alpha value is -2.62. The maximum Gasteiger partial charge on any atom is 0.255 e. The molecule has 0 aliphatic carbocycles. The molecular weight excluding hydrogens is 264 g/mol. The van der Waals surface area contributed by atoms with E-state index in [1.165, 1.54) is 6.92 Å². The molecule has 0 saturated heterocycles. The predicted molar refractivity (Wildman–Crippen MR) is 84.6 cm³/mol. The summed E-state index contributed by atoms with van der Waals surface area (Å²) in [6, 6.07) is 12.8. The van der Waals surface area contributed by atoms with Crippen molar-refractivity contribution in [2.24, 2.45) is 0 Å². The average Bonchev–Trinajstić information content (AvgIpc) is 2.42. The van der Waals surface area contributed by atoms with Gasteiger partial charge in [-0.05, 0) is 43.7 Å². The summed E-state index contributed by atoms with van der Waals surface area (Å²) in [5, 5.41) is 5.62. The third-order valence-corrected chi connectivity index (χ3v) is 3.17. The molecule has 2 aromatic carbocycles. The minimum atomic E-state index is -0.165. The smallest absolute Gasteiger partial charge is 0.255 e. The van der Waals surface area contributed by atoms with E-state index in [0.29, 0.717) is 16.9 Å². The van der Waals surface area contributed by atoms with Crippen LogP contribution in [0.15, 0.2) is 42.5 Å². The second kappa shape index (κ2) is 6.22. The van der Waals surface area contributed by atoms with Gasteiger partial charge >= 0.3 is 0 Å². The van der Waals surface area contributed by atoms with Gasteiger partial charge in [0.05, 0.1) is 0 Å². The normalized spacial score (nSPS) is 10.0. The van der Waals surface area contributed by atoms with E-state index < -0.39 is 0 Å². The molecule has 0 aliphatic heterocycles. The third-order valence-electron chi connectivity index (χ3n) is 3.17. The summed E-state index contributed by atoms with van der Waals surface area (Å²) < 4.78 is 0. The summed E-state index contributed by atoms with van der Waals surface area (Å²) in [6.45, 7) is 5.26. The maximum absolute atomic E-state index is 12.3. The Kier molecular flexibility index (Phi) is 4.38. The Morgan fingerprint density at radius 3 is 2.14 bits per heavy atom. The summed E-state index contributed by atoms with van der Waals surface area (Å²) in [5.74, 6) is -0.304. The second-order valence-electron chi connectivity index (χ2n) is 4.98. The van der Waals surface area contributed by atoms with Crippen LogP contribution in [0.25, 0.3) is 0 Å². The van der Waals surface area contributed by atoms with Gasteiger partial charge < -0.3 is 10.6 Å². The van der Waals surface area contributed by atoms with Crippen molar-refractivity contribution < 1.29 is 9.59 Å². The van der Waals surface area contributed by atoms with Crippen molar-refractivity contribution in [2.75, 3.05) is 10.6 Å². The van der Waals surface area contributed by atoms with Gasteiger partial charge in [0.25, 0.3) is 5.91 Å². The monoisotopic (exact) mass is 282 g/mol. The van der Waals surface area contributed by atoms with Gasteiger partial charge in [-0.2, -0.15) is 0 Å². The lowest BCUT2D eigenvalue weighted by molar-refractivity contribution is -0.114. The minimum Gasteiger partial charge on any atom is -0.326 e. The first-order valence-electron chi connectivity index (χ1n) is 6.72. The van der Waals surface area contributed by atoms with E-state index in [1.807, 2.05) is 38.1 Å². The highest BCUT2D eigenvalue weighted by Crippen LogP contribution is 2.23. The molecule has 2 rings (SSSR count). The van der Waals surface area contributed by atoms with Crippen LogP contribution in [0.2, 0.25) is 0 Å². The zero-order valence-corrected chi connectivity index (χ0v) is 12.4. The molecule has 4 heteroatoms. The lowest BCUT2D eigenvalue weighted by atomic mass is 10.1. The molecule has 108 valence electrons. The van der Waals surface area contributed by atoms with Crippen molar-refractivity contribution in [3.63, 3.8) is 0 Å². The molecule has 0 fully saturated rings. The van der Waals surface area contributed by atoms with E-state index >= 15 is 0 Å². The molecular formula is C17H18N2O2. The molecule has 2 amide bonds. The van der Waals surface area contributed by atoms with Crippen molar-refractivity contribution >= 4 is 23.2 Å². The molecule has 0 radical (unpaired) electrons. The molecule has 0 bridgehead atoms. The van der Waals surface area contributed by atoms with Crippen LogP contribution in [-0.4, -0.2) is 11.8 Å². The largest absolute Gasteiger partial charge is 0.326 e. The summed E-state index contributed by atoms with van der Waals surface area (Å²) >= 11 is 0. The van der Waals surface area contributed by atoms with E-state index in [-0.39, 0.29) is 11.8 Å². The van der Waals surface area contributed by atoms with Gasteiger partial charge in [0, 0.05) is 23.9 Å². The van der Waals surface area contributed by atoms with Crippen LogP contribution in [0.5, 0.6) is 0 Å². The van der Waals surface area contributed by atoms with Gasteiger partial charge in [0.1, 0.15) is 0 Å². The number of rotatable bonds is 3. The highest BCUT2D eigenvalue weighted by Gasteiger charge is 2.10. The number of carbonyl (C=O) groups excluding carboxylic acids is 2. The number of benzene rings is 2. The molecule has 0 heterocycles. The zero-order valence-electron chi connectivity index (χ0n) is 12.4. The Morgan fingerprint density at radius 2 is 1.52 bits per heavy atom.